The molecule has 1 amide bonds. The van der Waals surface area contributed by atoms with Gasteiger partial charge in [-0.05, 0) is 31.0 Å². The molecular formula is C21H24N4O4. The highest BCUT2D eigenvalue weighted by atomic mass is 16.5. The summed E-state index contributed by atoms with van der Waals surface area (Å²) in [5.74, 6) is 1.27. The fourth-order valence-electron chi connectivity index (χ4n) is 2.83. The smallest absolute Gasteiger partial charge is 0.207 e. The first-order valence-corrected chi connectivity index (χ1v) is 9.53. The van der Waals surface area contributed by atoms with Gasteiger partial charge in [-0.25, -0.2) is 9.97 Å². The second kappa shape index (κ2) is 10.3. The van der Waals surface area contributed by atoms with Crippen molar-refractivity contribution in [1.29, 1.82) is 0 Å². The van der Waals surface area contributed by atoms with E-state index in [1.807, 2.05) is 19.1 Å². The first kappa shape index (κ1) is 20.5. The summed E-state index contributed by atoms with van der Waals surface area (Å²) < 4.78 is 11.5. The van der Waals surface area contributed by atoms with Crippen LogP contribution in [0.4, 0.5) is 0 Å². The summed E-state index contributed by atoms with van der Waals surface area (Å²) in [5.41, 5.74) is 2.29. The van der Waals surface area contributed by atoms with E-state index in [-0.39, 0.29) is 5.75 Å². The van der Waals surface area contributed by atoms with Crippen molar-refractivity contribution >= 4 is 17.3 Å². The molecule has 0 saturated heterocycles. The highest BCUT2D eigenvalue weighted by molar-refractivity contribution is 5.93. The molecule has 2 N–H and O–H groups in total. The van der Waals surface area contributed by atoms with Crippen LogP contribution in [0.2, 0.25) is 0 Å². The summed E-state index contributed by atoms with van der Waals surface area (Å²) in [7, 11) is 0. The van der Waals surface area contributed by atoms with Crippen LogP contribution in [0.5, 0.6) is 11.5 Å². The van der Waals surface area contributed by atoms with Gasteiger partial charge in [0, 0.05) is 42.1 Å². The van der Waals surface area contributed by atoms with Crippen LogP contribution in [-0.2, 0) is 16.1 Å². The van der Waals surface area contributed by atoms with Gasteiger partial charge in [-0.3, -0.25) is 9.78 Å². The summed E-state index contributed by atoms with van der Waals surface area (Å²) in [4.78, 5) is 23.4. The van der Waals surface area contributed by atoms with E-state index in [0.717, 1.165) is 17.5 Å². The number of rotatable bonds is 11. The van der Waals surface area contributed by atoms with Crippen LogP contribution >= 0.6 is 0 Å². The molecule has 29 heavy (non-hydrogen) atoms. The van der Waals surface area contributed by atoms with Crippen molar-refractivity contribution in [3.8, 4) is 22.6 Å². The van der Waals surface area contributed by atoms with Crippen molar-refractivity contribution in [2.75, 3.05) is 19.8 Å². The van der Waals surface area contributed by atoms with Crippen LogP contribution in [-0.4, -0.2) is 46.2 Å². The number of nitrogens with one attached hydrogen (secondary N) is 1. The molecule has 0 saturated carbocycles. The van der Waals surface area contributed by atoms with E-state index in [1.54, 1.807) is 18.5 Å². The predicted molar refractivity (Wildman–Crippen MR) is 109 cm³/mol. The third kappa shape index (κ3) is 5.39. The van der Waals surface area contributed by atoms with Crippen molar-refractivity contribution in [2.45, 2.75) is 26.4 Å². The van der Waals surface area contributed by atoms with E-state index >= 15 is 0 Å². The Morgan fingerprint density at radius 3 is 2.72 bits per heavy atom. The van der Waals surface area contributed by atoms with Crippen molar-refractivity contribution in [2.24, 2.45) is 0 Å². The molecule has 152 valence electrons. The molecule has 8 nitrogen and oxygen atoms in total. The number of ether oxygens (including phenoxy) is 2. The topological polar surface area (TPSA) is 106 Å². The van der Waals surface area contributed by atoms with Gasteiger partial charge in [0.05, 0.1) is 18.3 Å². The lowest BCUT2D eigenvalue weighted by molar-refractivity contribution is -0.109. The third-order valence-corrected chi connectivity index (χ3v) is 4.19. The molecule has 0 aliphatic heterocycles. The van der Waals surface area contributed by atoms with Crippen LogP contribution in [0.25, 0.3) is 22.0 Å². The molecular weight excluding hydrogens is 372 g/mol. The summed E-state index contributed by atoms with van der Waals surface area (Å²) in [6.07, 6.45) is 7.11. The Balaban J connectivity index is 1.89. The molecule has 8 heteroatoms. The number of carbonyl (C=O) groups excluding carboxylic acids is 1. The first-order valence-electron chi connectivity index (χ1n) is 9.53. The Morgan fingerprint density at radius 2 is 1.97 bits per heavy atom. The van der Waals surface area contributed by atoms with Gasteiger partial charge >= 0.3 is 0 Å². The van der Waals surface area contributed by atoms with E-state index in [2.05, 4.69) is 20.3 Å². The Kier molecular flexibility index (Phi) is 7.29. The Bertz CT molecular complexity index is 947. The number of carbonyl (C=O) groups is 1. The molecule has 0 aliphatic rings. The minimum Gasteiger partial charge on any atom is -0.506 e. The van der Waals surface area contributed by atoms with Crippen LogP contribution in [0.3, 0.4) is 0 Å². The van der Waals surface area contributed by atoms with E-state index < -0.39 is 0 Å². The molecule has 0 aliphatic carbocycles. The number of aromatic hydroxyl groups is 1. The monoisotopic (exact) mass is 396 g/mol. The van der Waals surface area contributed by atoms with E-state index in [4.69, 9.17) is 9.47 Å². The standard InChI is InChI=1S/C21H24N4O4/c1-2-7-28-13-20-24-10-15(11-25-20)17-4-5-19-18(9-16(27)12-23-19)21(17)29-8-3-6-22-14-26/h4-5,9-12,14,27H,2-3,6-8,13H2,1H3,(H,22,26). The summed E-state index contributed by atoms with van der Waals surface area (Å²) in [6, 6.07) is 5.39. The van der Waals surface area contributed by atoms with Gasteiger partial charge in [0.25, 0.3) is 0 Å². The summed E-state index contributed by atoms with van der Waals surface area (Å²) in [5, 5.41) is 13.2. The average Bonchev–Trinajstić information content (AvgIpc) is 2.74. The van der Waals surface area contributed by atoms with Crippen LogP contribution in [0, 0.1) is 0 Å². The second-order valence-electron chi connectivity index (χ2n) is 6.42. The Hall–Kier alpha value is -3.26. The molecule has 3 rings (SSSR count). The number of nitrogens with zero attached hydrogens (tertiary/aromatic N) is 3. The van der Waals surface area contributed by atoms with Gasteiger partial charge in [0.15, 0.2) is 5.82 Å². The summed E-state index contributed by atoms with van der Waals surface area (Å²) in [6.45, 7) is 4.00. The number of hydrogen-bond acceptors (Lipinski definition) is 7. The van der Waals surface area contributed by atoms with Crippen molar-refractivity contribution < 1.29 is 19.4 Å². The molecule has 0 atom stereocenters. The zero-order valence-corrected chi connectivity index (χ0v) is 16.3. The minimum atomic E-state index is 0.0572. The number of fused-ring (bicyclic) bond motifs is 1. The fraction of sp³-hybridized carbons (Fsp3) is 0.333. The third-order valence-electron chi connectivity index (χ3n) is 4.19. The van der Waals surface area contributed by atoms with Gasteiger partial charge in [-0.1, -0.05) is 6.92 Å². The number of amides is 1. The maximum absolute atomic E-state index is 10.4. The van der Waals surface area contributed by atoms with Crippen molar-refractivity contribution in [1.82, 2.24) is 20.3 Å². The fourth-order valence-corrected chi connectivity index (χ4v) is 2.83. The lowest BCUT2D eigenvalue weighted by atomic mass is 10.0. The number of pyridine rings is 1. The molecule has 0 bridgehead atoms. The molecule has 3 aromatic rings. The first-order chi connectivity index (χ1) is 14.2. The molecule has 2 aromatic heterocycles. The Labute approximate surface area is 168 Å². The zero-order valence-electron chi connectivity index (χ0n) is 16.3. The Morgan fingerprint density at radius 1 is 1.14 bits per heavy atom. The maximum atomic E-state index is 10.4. The lowest BCUT2D eigenvalue weighted by Gasteiger charge is -2.14. The SMILES string of the molecule is CCCOCc1ncc(-c2ccc3ncc(O)cc3c2OCCCNC=O)cn1. The predicted octanol–water partition coefficient (Wildman–Crippen LogP) is 2.84. The van der Waals surface area contributed by atoms with E-state index in [0.29, 0.717) is 61.7 Å². The van der Waals surface area contributed by atoms with Gasteiger partial charge in [0.2, 0.25) is 6.41 Å². The number of aromatic nitrogens is 3. The largest absolute Gasteiger partial charge is 0.506 e. The molecule has 1 aromatic carbocycles. The summed E-state index contributed by atoms with van der Waals surface area (Å²) >= 11 is 0. The van der Waals surface area contributed by atoms with Crippen LogP contribution in [0.15, 0.2) is 36.8 Å². The normalized spacial score (nSPS) is 10.8. The molecule has 0 unspecified atom stereocenters. The number of benzene rings is 1. The van der Waals surface area contributed by atoms with Crippen molar-refractivity contribution in [3.05, 3.63) is 42.6 Å². The van der Waals surface area contributed by atoms with Gasteiger partial charge in [-0.15, -0.1) is 0 Å². The van der Waals surface area contributed by atoms with E-state index in [1.165, 1.54) is 6.20 Å². The molecule has 0 spiro atoms. The van der Waals surface area contributed by atoms with E-state index in [9.17, 15) is 9.90 Å². The van der Waals surface area contributed by atoms with Gasteiger partial charge < -0.3 is 19.9 Å². The quantitative estimate of drug-likeness (QED) is 0.379. The second-order valence-corrected chi connectivity index (χ2v) is 6.42. The molecule has 0 fully saturated rings. The highest BCUT2D eigenvalue weighted by Crippen LogP contribution is 2.37. The average molecular weight is 396 g/mol. The molecule has 0 radical (unpaired) electrons. The van der Waals surface area contributed by atoms with Crippen LogP contribution in [0.1, 0.15) is 25.6 Å². The number of hydrogen-bond donors (Lipinski definition) is 2. The minimum absolute atomic E-state index is 0.0572. The maximum Gasteiger partial charge on any atom is 0.207 e. The van der Waals surface area contributed by atoms with Gasteiger partial charge in [-0.2, -0.15) is 0 Å². The lowest BCUT2D eigenvalue weighted by Crippen LogP contribution is -2.15. The highest BCUT2D eigenvalue weighted by Gasteiger charge is 2.14. The van der Waals surface area contributed by atoms with Crippen LogP contribution < -0.4 is 10.1 Å². The van der Waals surface area contributed by atoms with Gasteiger partial charge in [0.1, 0.15) is 18.1 Å². The zero-order chi connectivity index (χ0) is 20.5. The molecule has 2 heterocycles. The van der Waals surface area contributed by atoms with Crippen molar-refractivity contribution in [3.63, 3.8) is 0 Å².